The summed E-state index contributed by atoms with van der Waals surface area (Å²) in [4.78, 5) is 0. The summed E-state index contributed by atoms with van der Waals surface area (Å²) in [7, 11) is 0. The van der Waals surface area contributed by atoms with Crippen molar-refractivity contribution in [3.63, 3.8) is 0 Å². The van der Waals surface area contributed by atoms with Crippen LogP contribution in [-0.2, 0) is 6.42 Å². The van der Waals surface area contributed by atoms with Gasteiger partial charge in [-0.25, -0.2) is 0 Å². The Kier molecular flexibility index (Phi) is 5.58. The number of likely N-dealkylation sites (N-methyl/N-ethyl adjacent to an activating group) is 1. The summed E-state index contributed by atoms with van der Waals surface area (Å²) < 4.78 is 0. The molecule has 0 aliphatic heterocycles. The van der Waals surface area contributed by atoms with Crippen LogP contribution in [0.4, 0.5) is 0 Å². The van der Waals surface area contributed by atoms with Crippen LogP contribution in [0, 0.1) is 20.8 Å². The van der Waals surface area contributed by atoms with Crippen LogP contribution in [0.3, 0.4) is 0 Å². The van der Waals surface area contributed by atoms with E-state index in [0.717, 1.165) is 19.5 Å². The van der Waals surface area contributed by atoms with Gasteiger partial charge < -0.3 is 5.32 Å². The monoisotopic (exact) mass is 281 g/mol. The van der Waals surface area contributed by atoms with Crippen molar-refractivity contribution in [3.8, 4) is 0 Å². The highest BCUT2D eigenvalue weighted by molar-refractivity contribution is 5.32. The summed E-state index contributed by atoms with van der Waals surface area (Å²) in [6, 6.07) is 15.9. The first-order chi connectivity index (χ1) is 10.1. The summed E-state index contributed by atoms with van der Waals surface area (Å²) in [5, 5.41) is 3.51. The van der Waals surface area contributed by atoms with Crippen molar-refractivity contribution < 1.29 is 0 Å². The Morgan fingerprint density at radius 3 is 2.05 bits per heavy atom. The van der Waals surface area contributed by atoms with Crippen LogP contribution in [0.15, 0.2) is 42.5 Å². The Morgan fingerprint density at radius 1 is 0.857 bits per heavy atom. The standard InChI is InChI=1S/C20H27N/c1-5-21-14-20(19-8-6-15(2)7-9-19)13-18-11-16(3)10-17(4)12-18/h6-12,20-21H,5,13-14H2,1-4H3. The molecule has 2 aromatic carbocycles. The third-order valence-corrected chi connectivity index (χ3v) is 3.95. The van der Waals surface area contributed by atoms with Crippen LogP contribution in [0.2, 0.25) is 0 Å². The highest BCUT2D eigenvalue weighted by Crippen LogP contribution is 2.22. The van der Waals surface area contributed by atoms with Gasteiger partial charge in [0.15, 0.2) is 0 Å². The van der Waals surface area contributed by atoms with Gasteiger partial charge in [0.25, 0.3) is 0 Å². The molecule has 0 saturated heterocycles. The van der Waals surface area contributed by atoms with Crippen molar-refractivity contribution in [1.29, 1.82) is 0 Å². The molecule has 112 valence electrons. The van der Waals surface area contributed by atoms with Gasteiger partial charge in [0, 0.05) is 12.5 Å². The maximum absolute atomic E-state index is 3.51. The van der Waals surface area contributed by atoms with E-state index in [4.69, 9.17) is 0 Å². The van der Waals surface area contributed by atoms with Gasteiger partial charge in [0.1, 0.15) is 0 Å². The lowest BCUT2D eigenvalue weighted by molar-refractivity contribution is 0.594. The van der Waals surface area contributed by atoms with Crippen LogP contribution in [-0.4, -0.2) is 13.1 Å². The molecular weight excluding hydrogens is 254 g/mol. The highest BCUT2D eigenvalue weighted by atomic mass is 14.8. The lowest BCUT2D eigenvalue weighted by atomic mass is 9.90. The van der Waals surface area contributed by atoms with Gasteiger partial charge in [0.05, 0.1) is 0 Å². The third-order valence-electron chi connectivity index (χ3n) is 3.95. The van der Waals surface area contributed by atoms with Gasteiger partial charge in [-0.1, -0.05) is 66.1 Å². The predicted molar refractivity (Wildman–Crippen MR) is 92.1 cm³/mol. The first-order valence-corrected chi connectivity index (χ1v) is 7.93. The van der Waals surface area contributed by atoms with Crippen molar-refractivity contribution in [2.24, 2.45) is 0 Å². The Morgan fingerprint density at radius 2 is 1.48 bits per heavy atom. The molecule has 1 unspecified atom stereocenters. The second-order valence-electron chi connectivity index (χ2n) is 6.12. The lowest BCUT2D eigenvalue weighted by Gasteiger charge is -2.19. The smallest absolute Gasteiger partial charge is 0.00232 e. The molecule has 0 heterocycles. The van der Waals surface area contributed by atoms with E-state index in [9.17, 15) is 0 Å². The normalized spacial score (nSPS) is 12.4. The summed E-state index contributed by atoms with van der Waals surface area (Å²) >= 11 is 0. The molecule has 1 atom stereocenters. The molecular formula is C20H27N. The molecule has 0 aromatic heterocycles. The summed E-state index contributed by atoms with van der Waals surface area (Å²) in [6.45, 7) is 10.7. The molecule has 21 heavy (non-hydrogen) atoms. The van der Waals surface area contributed by atoms with Crippen molar-refractivity contribution in [2.75, 3.05) is 13.1 Å². The molecule has 0 fully saturated rings. The van der Waals surface area contributed by atoms with E-state index >= 15 is 0 Å². The maximum atomic E-state index is 3.51. The van der Waals surface area contributed by atoms with E-state index in [1.54, 1.807) is 0 Å². The summed E-state index contributed by atoms with van der Waals surface area (Å²) in [6.07, 6.45) is 1.10. The Hall–Kier alpha value is -1.60. The minimum atomic E-state index is 0.534. The minimum absolute atomic E-state index is 0.534. The Bertz CT molecular complexity index is 549. The van der Waals surface area contributed by atoms with Gasteiger partial charge in [0.2, 0.25) is 0 Å². The van der Waals surface area contributed by atoms with Gasteiger partial charge in [-0.3, -0.25) is 0 Å². The molecule has 0 saturated carbocycles. The van der Waals surface area contributed by atoms with E-state index in [1.165, 1.54) is 27.8 Å². The number of benzene rings is 2. The quantitative estimate of drug-likeness (QED) is 0.819. The first kappa shape index (κ1) is 15.8. The lowest BCUT2D eigenvalue weighted by Crippen LogP contribution is -2.22. The minimum Gasteiger partial charge on any atom is -0.316 e. The van der Waals surface area contributed by atoms with Gasteiger partial charge in [-0.15, -0.1) is 0 Å². The SMILES string of the molecule is CCNCC(Cc1cc(C)cc(C)c1)c1ccc(C)cc1. The molecule has 2 rings (SSSR count). The molecule has 0 amide bonds. The molecule has 0 spiro atoms. The number of hydrogen-bond donors (Lipinski definition) is 1. The molecule has 2 aromatic rings. The van der Waals surface area contributed by atoms with E-state index in [0.29, 0.717) is 5.92 Å². The molecule has 1 nitrogen and oxygen atoms in total. The fraction of sp³-hybridized carbons (Fsp3) is 0.400. The van der Waals surface area contributed by atoms with E-state index in [-0.39, 0.29) is 0 Å². The van der Waals surface area contributed by atoms with Crippen LogP contribution >= 0.6 is 0 Å². The topological polar surface area (TPSA) is 12.0 Å². The van der Waals surface area contributed by atoms with Gasteiger partial charge in [-0.2, -0.15) is 0 Å². The number of aryl methyl sites for hydroxylation is 3. The molecule has 1 heteroatoms. The van der Waals surface area contributed by atoms with E-state index in [2.05, 4.69) is 75.5 Å². The second-order valence-corrected chi connectivity index (χ2v) is 6.12. The molecule has 0 radical (unpaired) electrons. The molecule has 0 bridgehead atoms. The van der Waals surface area contributed by atoms with Crippen LogP contribution < -0.4 is 5.32 Å². The second kappa shape index (κ2) is 7.42. The fourth-order valence-corrected chi connectivity index (χ4v) is 2.94. The zero-order valence-electron chi connectivity index (χ0n) is 13.7. The van der Waals surface area contributed by atoms with Gasteiger partial charge >= 0.3 is 0 Å². The number of hydrogen-bond acceptors (Lipinski definition) is 1. The number of rotatable bonds is 6. The van der Waals surface area contributed by atoms with Crippen molar-refractivity contribution in [3.05, 3.63) is 70.3 Å². The Balaban J connectivity index is 2.21. The predicted octanol–water partition coefficient (Wildman–Crippen LogP) is 4.55. The average molecular weight is 281 g/mol. The average Bonchev–Trinajstić information content (AvgIpc) is 2.43. The van der Waals surface area contributed by atoms with Crippen molar-refractivity contribution in [2.45, 2.75) is 40.0 Å². The van der Waals surface area contributed by atoms with E-state index in [1.807, 2.05) is 0 Å². The largest absolute Gasteiger partial charge is 0.316 e. The van der Waals surface area contributed by atoms with Crippen molar-refractivity contribution in [1.82, 2.24) is 5.32 Å². The highest BCUT2D eigenvalue weighted by Gasteiger charge is 2.12. The molecule has 0 aliphatic rings. The molecule has 1 N–H and O–H groups in total. The van der Waals surface area contributed by atoms with Gasteiger partial charge in [-0.05, 0) is 44.9 Å². The zero-order valence-corrected chi connectivity index (χ0v) is 13.7. The third kappa shape index (κ3) is 4.71. The fourth-order valence-electron chi connectivity index (χ4n) is 2.94. The van der Waals surface area contributed by atoms with Crippen molar-refractivity contribution >= 4 is 0 Å². The maximum Gasteiger partial charge on any atom is 0.00232 e. The van der Waals surface area contributed by atoms with Crippen LogP contribution in [0.1, 0.15) is 40.7 Å². The zero-order chi connectivity index (χ0) is 15.2. The van der Waals surface area contributed by atoms with E-state index < -0.39 is 0 Å². The summed E-state index contributed by atoms with van der Waals surface area (Å²) in [5.41, 5.74) is 6.91. The van der Waals surface area contributed by atoms with Crippen LogP contribution in [0.25, 0.3) is 0 Å². The van der Waals surface area contributed by atoms with Crippen LogP contribution in [0.5, 0.6) is 0 Å². The summed E-state index contributed by atoms with van der Waals surface area (Å²) in [5.74, 6) is 0.534. The molecule has 0 aliphatic carbocycles. The number of nitrogens with one attached hydrogen (secondary N) is 1. The Labute approximate surface area is 129 Å². The first-order valence-electron chi connectivity index (χ1n) is 7.93.